The number of carbonyl (C=O) groups excluding carboxylic acids is 1. The van der Waals surface area contributed by atoms with Crippen LogP contribution in [0.15, 0.2) is 0 Å². The van der Waals surface area contributed by atoms with Crippen molar-refractivity contribution in [3.63, 3.8) is 0 Å². The fraction of sp³-hybridized carbons (Fsp3) is 0.952. The van der Waals surface area contributed by atoms with Gasteiger partial charge in [-0.05, 0) is 13.5 Å². The summed E-state index contributed by atoms with van der Waals surface area (Å²) in [5.74, 6) is 0.378. The largest absolute Gasteiger partial charge is 0.395 e. The van der Waals surface area contributed by atoms with Gasteiger partial charge in [0.1, 0.15) is 5.78 Å². The van der Waals surface area contributed by atoms with Crippen LogP contribution < -0.4 is 0 Å². The van der Waals surface area contributed by atoms with E-state index < -0.39 is 0 Å². The highest BCUT2D eigenvalue weighted by Crippen LogP contribution is 2.13. The average Bonchev–Trinajstić information content (AvgIpc) is 2.57. The Morgan fingerprint density at radius 1 is 0.708 bits per heavy atom. The van der Waals surface area contributed by atoms with Crippen molar-refractivity contribution in [3.05, 3.63) is 0 Å². The van der Waals surface area contributed by atoms with Crippen LogP contribution in [0, 0.1) is 0 Å². The number of hydrogen-bond donors (Lipinski definition) is 1. The monoisotopic (exact) mass is 341 g/mol. The third-order valence-electron chi connectivity index (χ3n) is 4.81. The first-order chi connectivity index (χ1) is 11.7. The third-order valence-corrected chi connectivity index (χ3v) is 4.81. The Kier molecular flexibility index (Phi) is 18.6. The normalized spacial score (nSPS) is 11.3. The average molecular weight is 342 g/mol. The summed E-state index contributed by atoms with van der Waals surface area (Å²) in [6, 6.07) is 0. The van der Waals surface area contributed by atoms with Gasteiger partial charge in [-0.1, -0.05) is 84.0 Å². The van der Waals surface area contributed by atoms with Gasteiger partial charge in [0.2, 0.25) is 0 Å². The maximum Gasteiger partial charge on any atom is 0.134 e. The van der Waals surface area contributed by atoms with Crippen molar-refractivity contribution >= 4 is 5.78 Å². The van der Waals surface area contributed by atoms with Gasteiger partial charge in [-0.15, -0.1) is 0 Å². The Hall–Kier alpha value is -0.410. The minimum absolute atomic E-state index is 0.170. The van der Waals surface area contributed by atoms with Crippen LogP contribution in [-0.4, -0.2) is 42.5 Å². The van der Waals surface area contributed by atoms with Gasteiger partial charge >= 0.3 is 0 Å². The topological polar surface area (TPSA) is 40.5 Å². The van der Waals surface area contributed by atoms with Crippen LogP contribution in [0.5, 0.6) is 0 Å². The number of carbonyl (C=O) groups is 1. The van der Waals surface area contributed by atoms with E-state index in [1.807, 2.05) is 11.9 Å². The molecule has 0 aromatic rings. The van der Waals surface area contributed by atoms with E-state index in [2.05, 4.69) is 6.92 Å². The summed E-state index contributed by atoms with van der Waals surface area (Å²) in [5.41, 5.74) is 0. The Labute approximate surface area is 151 Å². The van der Waals surface area contributed by atoms with Crippen LogP contribution in [0.3, 0.4) is 0 Å². The van der Waals surface area contributed by atoms with E-state index in [-0.39, 0.29) is 6.61 Å². The quantitative estimate of drug-likeness (QED) is 0.322. The Morgan fingerprint density at radius 2 is 1.17 bits per heavy atom. The number of rotatable bonds is 19. The first kappa shape index (κ1) is 23.6. The molecule has 0 bridgehead atoms. The molecule has 0 aliphatic rings. The molecule has 0 radical (unpaired) electrons. The molecule has 0 saturated carbocycles. The molecule has 1 N–H and O–H groups in total. The molecule has 0 heterocycles. The van der Waals surface area contributed by atoms with E-state index >= 15 is 0 Å². The first-order valence-electron chi connectivity index (χ1n) is 10.5. The Balaban J connectivity index is 3.18. The van der Waals surface area contributed by atoms with Gasteiger partial charge in [-0.3, -0.25) is 4.79 Å². The molecule has 0 spiro atoms. The number of ketones is 1. The summed E-state index contributed by atoms with van der Waals surface area (Å²) in [6.07, 6.45) is 18.9. The van der Waals surface area contributed by atoms with E-state index in [0.717, 1.165) is 19.4 Å². The van der Waals surface area contributed by atoms with E-state index in [9.17, 15) is 4.79 Å². The van der Waals surface area contributed by atoms with Gasteiger partial charge in [0.25, 0.3) is 0 Å². The van der Waals surface area contributed by atoms with Crippen LogP contribution >= 0.6 is 0 Å². The molecule has 0 fully saturated rings. The molecule has 3 heteroatoms. The van der Waals surface area contributed by atoms with Crippen molar-refractivity contribution in [1.29, 1.82) is 0 Å². The lowest BCUT2D eigenvalue weighted by atomic mass is 10.0. The summed E-state index contributed by atoms with van der Waals surface area (Å²) in [7, 11) is 1.95. The van der Waals surface area contributed by atoms with Crippen LogP contribution in [0.4, 0.5) is 0 Å². The lowest BCUT2D eigenvalue weighted by Crippen LogP contribution is -2.24. The first-order valence-corrected chi connectivity index (χ1v) is 10.5. The lowest BCUT2D eigenvalue weighted by Gasteiger charge is -2.13. The number of likely N-dealkylation sites (N-methyl/N-ethyl adjacent to an activating group) is 1. The van der Waals surface area contributed by atoms with Crippen molar-refractivity contribution < 1.29 is 9.90 Å². The summed E-state index contributed by atoms with van der Waals surface area (Å²) in [6.45, 7) is 3.88. The van der Waals surface area contributed by atoms with Crippen LogP contribution in [0.25, 0.3) is 0 Å². The molecular formula is C21H43NO2. The molecule has 144 valence electrons. The molecule has 0 atom stereocenters. The number of hydrogen-bond acceptors (Lipinski definition) is 3. The lowest BCUT2D eigenvalue weighted by molar-refractivity contribution is -0.119. The van der Waals surface area contributed by atoms with Crippen molar-refractivity contribution in [2.75, 3.05) is 26.7 Å². The molecule has 24 heavy (non-hydrogen) atoms. The maximum atomic E-state index is 11.8. The number of aliphatic hydroxyl groups excluding tert-OH is 1. The number of nitrogens with zero attached hydrogens (tertiary/aromatic N) is 1. The standard InChI is InChI=1S/C21H43NO2/c1-3-4-5-6-7-8-9-10-11-12-13-14-15-16-21(24)17-18-22(2)19-20-23/h23H,3-20H2,1-2H3. The summed E-state index contributed by atoms with van der Waals surface area (Å²) < 4.78 is 0. The number of unbranched alkanes of at least 4 members (excludes halogenated alkanes) is 12. The zero-order chi connectivity index (χ0) is 17.9. The highest BCUT2D eigenvalue weighted by Gasteiger charge is 2.04. The van der Waals surface area contributed by atoms with Gasteiger partial charge in [-0.25, -0.2) is 0 Å². The molecule has 3 nitrogen and oxygen atoms in total. The van der Waals surface area contributed by atoms with Gasteiger partial charge < -0.3 is 10.0 Å². The number of aliphatic hydroxyl groups is 1. The Morgan fingerprint density at radius 3 is 1.62 bits per heavy atom. The Bertz CT molecular complexity index is 269. The fourth-order valence-electron chi connectivity index (χ4n) is 3.06. The van der Waals surface area contributed by atoms with Crippen molar-refractivity contribution in [1.82, 2.24) is 4.90 Å². The minimum Gasteiger partial charge on any atom is -0.395 e. The van der Waals surface area contributed by atoms with E-state index in [1.54, 1.807) is 0 Å². The summed E-state index contributed by atoms with van der Waals surface area (Å²) in [5, 5.41) is 8.81. The van der Waals surface area contributed by atoms with Gasteiger partial charge in [0.05, 0.1) is 6.61 Å². The van der Waals surface area contributed by atoms with Crippen molar-refractivity contribution in [2.45, 2.75) is 103 Å². The zero-order valence-corrected chi connectivity index (χ0v) is 16.5. The van der Waals surface area contributed by atoms with Crippen LogP contribution in [-0.2, 0) is 4.79 Å². The highest BCUT2D eigenvalue weighted by atomic mass is 16.3. The van der Waals surface area contributed by atoms with Gasteiger partial charge in [0.15, 0.2) is 0 Å². The third kappa shape index (κ3) is 17.9. The second-order valence-corrected chi connectivity index (χ2v) is 7.31. The molecule has 0 aromatic heterocycles. The fourth-order valence-corrected chi connectivity index (χ4v) is 3.06. The van der Waals surface area contributed by atoms with E-state index in [0.29, 0.717) is 18.7 Å². The van der Waals surface area contributed by atoms with E-state index in [4.69, 9.17) is 5.11 Å². The molecule has 0 aromatic carbocycles. The summed E-state index contributed by atoms with van der Waals surface area (Å²) >= 11 is 0. The molecular weight excluding hydrogens is 298 g/mol. The predicted octanol–water partition coefficient (Wildman–Crippen LogP) is 5.35. The minimum atomic E-state index is 0.170. The molecule has 0 aliphatic carbocycles. The highest BCUT2D eigenvalue weighted by molar-refractivity contribution is 5.78. The molecule has 0 aliphatic heterocycles. The van der Waals surface area contributed by atoms with Gasteiger partial charge in [-0.2, -0.15) is 0 Å². The smallest absolute Gasteiger partial charge is 0.134 e. The SMILES string of the molecule is CCCCCCCCCCCCCCCC(=O)CCN(C)CCO. The molecule has 0 amide bonds. The predicted molar refractivity (Wildman–Crippen MR) is 105 cm³/mol. The zero-order valence-electron chi connectivity index (χ0n) is 16.5. The second-order valence-electron chi connectivity index (χ2n) is 7.31. The van der Waals surface area contributed by atoms with Crippen molar-refractivity contribution in [3.8, 4) is 0 Å². The number of Topliss-reactive ketones (excluding diaryl/α,β-unsaturated/α-hetero) is 1. The van der Waals surface area contributed by atoms with Crippen LogP contribution in [0.2, 0.25) is 0 Å². The van der Waals surface area contributed by atoms with Crippen molar-refractivity contribution in [2.24, 2.45) is 0 Å². The van der Waals surface area contributed by atoms with Crippen LogP contribution in [0.1, 0.15) is 103 Å². The molecule has 0 rings (SSSR count). The summed E-state index contributed by atoms with van der Waals surface area (Å²) in [4.78, 5) is 13.8. The van der Waals surface area contributed by atoms with E-state index in [1.165, 1.54) is 77.0 Å². The van der Waals surface area contributed by atoms with Gasteiger partial charge in [0, 0.05) is 25.9 Å². The molecule has 0 saturated heterocycles. The maximum absolute atomic E-state index is 11.8. The molecule has 0 unspecified atom stereocenters. The second kappa shape index (κ2) is 18.9.